The molecular formula is C20H34FN5S. The van der Waals surface area contributed by atoms with Crippen molar-refractivity contribution >= 4 is 23.4 Å². The number of anilines is 1. The molecule has 1 fully saturated rings. The van der Waals surface area contributed by atoms with Gasteiger partial charge in [0.2, 0.25) is 0 Å². The third kappa shape index (κ3) is 6.57. The fraction of sp³-hybridized carbons (Fsp3) is 0.650. The molecule has 0 aromatic heterocycles. The average molecular weight is 396 g/mol. The molecule has 0 bridgehead atoms. The van der Waals surface area contributed by atoms with E-state index in [9.17, 15) is 4.39 Å². The smallest absolute Gasteiger partial charge is 0.191 e. The third-order valence-corrected chi connectivity index (χ3v) is 6.34. The summed E-state index contributed by atoms with van der Waals surface area (Å²) in [5, 5.41) is 6.59. The van der Waals surface area contributed by atoms with E-state index in [0.717, 1.165) is 50.8 Å². The molecule has 0 saturated carbocycles. The van der Waals surface area contributed by atoms with Crippen LogP contribution in [0.15, 0.2) is 23.2 Å². The lowest BCUT2D eigenvalue weighted by Gasteiger charge is -2.35. The number of benzene rings is 1. The standard InChI is InChI=1S/C20H34FN5S/c1-6-25-9-11-26(12-10-25)18-8-7-16(13-17(18)21)14-23-19(22-4)24-15-20(2,3)27-5/h7-8,13H,6,9-12,14-15H2,1-5H3,(H2,22,23,24). The van der Waals surface area contributed by atoms with Crippen LogP contribution < -0.4 is 15.5 Å². The van der Waals surface area contributed by atoms with E-state index in [4.69, 9.17) is 0 Å². The van der Waals surface area contributed by atoms with Gasteiger partial charge in [-0.3, -0.25) is 4.99 Å². The number of halogens is 1. The number of hydrogen-bond acceptors (Lipinski definition) is 4. The molecule has 0 spiro atoms. The average Bonchev–Trinajstić information content (AvgIpc) is 2.68. The Balaban J connectivity index is 1.90. The predicted octanol–water partition coefficient (Wildman–Crippen LogP) is 2.77. The summed E-state index contributed by atoms with van der Waals surface area (Å²) in [5.74, 6) is 0.586. The molecule has 1 aromatic carbocycles. The second-order valence-corrected chi connectivity index (χ2v) is 8.96. The summed E-state index contributed by atoms with van der Waals surface area (Å²) >= 11 is 1.81. The number of nitrogens with zero attached hydrogens (tertiary/aromatic N) is 3. The highest BCUT2D eigenvalue weighted by atomic mass is 32.2. The van der Waals surface area contributed by atoms with Gasteiger partial charge in [-0.25, -0.2) is 4.39 Å². The number of aliphatic imine (C=N–C) groups is 1. The number of hydrogen-bond donors (Lipinski definition) is 2. The molecule has 2 N–H and O–H groups in total. The number of nitrogens with one attached hydrogen (secondary N) is 2. The topological polar surface area (TPSA) is 42.9 Å². The summed E-state index contributed by atoms with van der Waals surface area (Å²) in [7, 11) is 1.75. The zero-order chi connectivity index (χ0) is 19.9. The molecule has 1 heterocycles. The summed E-state index contributed by atoms with van der Waals surface area (Å²) in [6.45, 7) is 12.7. The molecule has 0 atom stereocenters. The van der Waals surface area contributed by atoms with Gasteiger partial charge in [-0.05, 0) is 44.3 Å². The zero-order valence-corrected chi connectivity index (χ0v) is 18.1. The van der Waals surface area contributed by atoms with Gasteiger partial charge in [0.1, 0.15) is 5.82 Å². The van der Waals surface area contributed by atoms with Gasteiger partial charge in [0.15, 0.2) is 5.96 Å². The summed E-state index contributed by atoms with van der Waals surface area (Å²) in [4.78, 5) is 8.78. The van der Waals surface area contributed by atoms with Gasteiger partial charge in [-0.1, -0.05) is 13.0 Å². The second-order valence-electron chi connectivity index (χ2n) is 7.45. The molecule has 152 valence electrons. The van der Waals surface area contributed by atoms with E-state index in [1.807, 2.05) is 23.9 Å². The monoisotopic (exact) mass is 395 g/mol. The third-order valence-electron chi connectivity index (χ3n) is 5.09. The molecule has 7 heteroatoms. The molecule has 27 heavy (non-hydrogen) atoms. The maximum atomic E-state index is 14.6. The van der Waals surface area contributed by atoms with Crippen molar-refractivity contribution in [1.82, 2.24) is 15.5 Å². The van der Waals surface area contributed by atoms with Crippen molar-refractivity contribution in [3.05, 3.63) is 29.6 Å². The van der Waals surface area contributed by atoms with Crippen LogP contribution in [0.4, 0.5) is 10.1 Å². The second kappa shape index (κ2) is 10.2. The first kappa shape index (κ1) is 21.8. The molecule has 1 saturated heterocycles. The lowest BCUT2D eigenvalue weighted by Crippen LogP contribution is -2.46. The van der Waals surface area contributed by atoms with Crippen LogP contribution in [-0.4, -0.2) is 68.2 Å². The molecule has 5 nitrogen and oxygen atoms in total. The van der Waals surface area contributed by atoms with Crippen LogP contribution in [0, 0.1) is 5.82 Å². The number of likely N-dealkylation sites (N-methyl/N-ethyl adjacent to an activating group) is 1. The maximum absolute atomic E-state index is 14.6. The minimum Gasteiger partial charge on any atom is -0.367 e. The first-order valence-electron chi connectivity index (χ1n) is 9.64. The number of piperazine rings is 1. The molecule has 1 aliphatic heterocycles. The molecule has 0 unspecified atom stereocenters. The molecule has 0 amide bonds. The Hall–Kier alpha value is -1.47. The fourth-order valence-electron chi connectivity index (χ4n) is 3.00. The van der Waals surface area contributed by atoms with E-state index in [1.54, 1.807) is 13.1 Å². The van der Waals surface area contributed by atoms with Crippen molar-refractivity contribution in [2.45, 2.75) is 32.1 Å². The van der Waals surface area contributed by atoms with E-state index >= 15 is 0 Å². The first-order valence-corrected chi connectivity index (χ1v) is 10.9. The quantitative estimate of drug-likeness (QED) is 0.549. The van der Waals surface area contributed by atoms with E-state index in [0.29, 0.717) is 12.2 Å². The Morgan fingerprint density at radius 1 is 1.22 bits per heavy atom. The van der Waals surface area contributed by atoms with Crippen molar-refractivity contribution < 1.29 is 4.39 Å². The Kier molecular flexibility index (Phi) is 8.23. The lowest BCUT2D eigenvalue weighted by atomic mass is 10.1. The molecule has 1 aromatic rings. The lowest BCUT2D eigenvalue weighted by molar-refractivity contribution is 0.270. The highest BCUT2D eigenvalue weighted by molar-refractivity contribution is 7.99. The summed E-state index contributed by atoms with van der Waals surface area (Å²) in [6.07, 6.45) is 2.10. The maximum Gasteiger partial charge on any atom is 0.191 e. The van der Waals surface area contributed by atoms with E-state index in [1.165, 1.54) is 0 Å². The predicted molar refractivity (Wildman–Crippen MR) is 117 cm³/mol. The van der Waals surface area contributed by atoms with Crippen molar-refractivity contribution in [2.75, 3.05) is 57.5 Å². The zero-order valence-electron chi connectivity index (χ0n) is 17.3. The molecule has 0 radical (unpaired) electrons. The van der Waals surface area contributed by atoms with Crippen LogP contribution in [0.25, 0.3) is 0 Å². The largest absolute Gasteiger partial charge is 0.367 e. The van der Waals surface area contributed by atoms with Crippen LogP contribution in [0.3, 0.4) is 0 Å². The minimum atomic E-state index is -0.147. The summed E-state index contributed by atoms with van der Waals surface area (Å²) < 4.78 is 14.8. The van der Waals surface area contributed by atoms with Gasteiger partial charge in [0.05, 0.1) is 5.69 Å². The van der Waals surface area contributed by atoms with Gasteiger partial charge in [-0.2, -0.15) is 11.8 Å². The van der Waals surface area contributed by atoms with Crippen molar-refractivity contribution in [1.29, 1.82) is 0 Å². The Bertz CT molecular complexity index is 627. The normalized spacial score (nSPS) is 16.5. The van der Waals surface area contributed by atoms with E-state index in [2.05, 4.69) is 52.5 Å². The number of rotatable bonds is 7. The van der Waals surface area contributed by atoms with Crippen molar-refractivity contribution in [3.8, 4) is 0 Å². The van der Waals surface area contributed by atoms with E-state index in [-0.39, 0.29) is 10.6 Å². The van der Waals surface area contributed by atoms with Crippen LogP contribution in [-0.2, 0) is 6.54 Å². The van der Waals surface area contributed by atoms with Gasteiger partial charge < -0.3 is 20.4 Å². The van der Waals surface area contributed by atoms with Crippen LogP contribution in [0.5, 0.6) is 0 Å². The molecule has 0 aliphatic carbocycles. The van der Waals surface area contributed by atoms with Crippen LogP contribution >= 0.6 is 11.8 Å². The van der Waals surface area contributed by atoms with Gasteiger partial charge in [0.25, 0.3) is 0 Å². The molecule has 2 rings (SSSR count). The van der Waals surface area contributed by atoms with Crippen molar-refractivity contribution in [3.63, 3.8) is 0 Å². The summed E-state index contributed by atoms with van der Waals surface area (Å²) in [6, 6.07) is 5.53. The molecule has 1 aliphatic rings. The van der Waals surface area contributed by atoms with Gasteiger partial charge in [-0.15, -0.1) is 0 Å². The number of guanidine groups is 1. The first-order chi connectivity index (χ1) is 12.9. The Labute approximate surface area is 167 Å². The molecular weight excluding hydrogens is 361 g/mol. The SMILES string of the molecule is CCN1CCN(c2ccc(CNC(=NC)NCC(C)(C)SC)cc2F)CC1. The van der Waals surface area contributed by atoms with Gasteiger partial charge in [0, 0.05) is 51.1 Å². The number of thioether (sulfide) groups is 1. The minimum absolute atomic E-state index is 0.132. The highest BCUT2D eigenvalue weighted by Crippen LogP contribution is 2.22. The Morgan fingerprint density at radius 2 is 1.93 bits per heavy atom. The van der Waals surface area contributed by atoms with E-state index < -0.39 is 0 Å². The van der Waals surface area contributed by atoms with Crippen molar-refractivity contribution in [2.24, 2.45) is 4.99 Å². The van der Waals surface area contributed by atoms with Gasteiger partial charge >= 0.3 is 0 Å². The Morgan fingerprint density at radius 3 is 2.48 bits per heavy atom. The fourth-order valence-corrected chi connectivity index (χ4v) is 3.21. The van der Waals surface area contributed by atoms with Crippen LogP contribution in [0.1, 0.15) is 26.3 Å². The summed E-state index contributed by atoms with van der Waals surface area (Å²) in [5.41, 5.74) is 1.62. The highest BCUT2D eigenvalue weighted by Gasteiger charge is 2.19. The van der Waals surface area contributed by atoms with Crippen LogP contribution in [0.2, 0.25) is 0 Å².